The number of hydrogen-bond acceptors (Lipinski definition) is 3. The van der Waals surface area contributed by atoms with Gasteiger partial charge in [-0.2, -0.15) is 0 Å². The highest BCUT2D eigenvalue weighted by molar-refractivity contribution is 9.10. The van der Waals surface area contributed by atoms with Gasteiger partial charge in [-0.05, 0) is 44.4 Å². The molecule has 0 unspecified atom stereocenters. The van der Waals surface area contributed by atoms with Crippen molar-refractivity contribution in [3.63, 3.8) is 0 Å². The molecular formula is C19H23BrN2O3. The van der Waals surface area contributed by atoms with Gasteiger partial charge in [-0.25, -0.2) is 0 Å². The molecule has 134 valence electrons. The number of nitrogens with one attached hydrogen (secondary N) is 1. The number of rotatable bonds is 5. The highest BCUT2D eigenvalue weighted by atomic mass is 79.9. The molecule has 2 amide bonds. The van der Waals surface area contributed by atoms with Crippen LogP contribution in [0.2, 0.25) is 0 Å². The summed E-state index contributed by atoms with van der Waals surface area (Å²) >= 11 is 3.44. The zero-order valence-electron chi connectivity index (χ0n) is 14.4. The van der Waals surface area contributed by atoms with E-state index in [0.717, 1.165) is 47.7 Å². The first-order valence-corrected chi connectivity index (χ1v) is 9.60. The van der Waals surface area contributed by atoms with Crippen molar-refractivity contribution in [3.8, 4) is 0 Å². The first kappa shape index (κ1) is 18.0. The van der Waals surface area contributed by atoms with Gasteiger partial charge in [-0.3, -0.25) is 9.59 Å². The summed E-state index contributed by atoms with van der Waals surface area (Å²) < 4.78 is 6.66. The quantitative estimate of drug-likeness (QED) is 0.762. The Morgan fingerprint density at radius 2 is 2.16 bits per heavy atom. The van der Waals surface area contributed by atoms with Crippen molar-refractivity contribution < 1.29 is 14.0 Å². The van der Waals surface area contributed by atoms with Crippen molar-refractivity contribution >= 4 is 38.7 Å². The fourth-order valence-electron chi connectivity index (χ4n) is 3.24. The predicted octanol–water partition coefficient (Wildman–Crippen LogP) is 4.03. The standard InChI is InChI=1S/C19H23BrN2O3/c1-13-15-12-14(20)7-8-16(15)25-18(13)19(24)21-9-5-11-22-10-4-2-3-6-17(22)23/h7-8,12H,2-6,9-11H2,1H3,(H,21,24). The Bertz CT molecular complexity index is 784. The van der Waals surface area contributed by atoms with Crippen LogP contribution in [0.5, 0.6) is 0 Å². The molecule has 25 heavy (non-hydrogen) atoms. The molecule has 0 radical (unpaired) electrons. The van der Waals surface area contributed by atoms with Crippen molar-refractivity contribution in [1.82, 2.24) is 10.2 Å². The van der Waals surface area contributed by atoms with Gasteiger partial charge in [-0.1, -0.05) is 22.4 Å². The summed E-state index contributed by atoms with van der Waals surface area (Å²) in [5.41, 5.74) is 1.55. The third kappa shape index (κ3) is 4.24. The number of halogens is 1. The van der Waals surface area contributed by atoms with Crippen LogP contribution in [0.25, 0.3) is 11.0 Å². The van der Waals surface area contributed by atoms with Gasteiger partial charge in [0.1, 0.15) is 5.58 Å². The summed E-state index contributed by atoms with van der Waals surface area (Å²) in [7, 11) is 0. The molecule has 0 aliphatic carbocycles. The van der Waals surface area contributed by atoms with Gasteiger partial charge in [0.15, 0.2) is 5.76 Å². The predicted molar refractivity (Wildman–Crippen MR) is 101 cm³/mol. The number of benzene rings is 1. The Hall–Kier alpha value is -1.82. The number of aryl methyl sites for hydroxylation is 1. The van der Waals surface area contributed by atoms with Crippen LogP contribution in [0, 0.1) is 6.92 Å². The van der Waals surface area contributed by atoms with E-state index in [-0.39, 0.29) is 11.8 Å². The molecule has 2 heterocycles. The second kappa shape index (κ2) is 8.04. The number of fused-ring (bicyclic) bond motifs is 1. The smallest absolute Gasteiger partial charge is 0.287 e. The van der Waals surface area contributed by atoms with Crippen LogP contribution in [0.4, 0.5) is 0 Å². The van der Waals surface area contributed by atoms with E-state index in [1.807, 2.05) is 30.0 Å². The summed E-state index contributed by atoms with van der Waals surface area (Å²) in [4.78, 5) is 26.3. The van der Waals surface area contributed by atoms with Gasteiger partial charge < -0.3 is 14.6 Å². The minimum absolute atomic E-state index is 0.202. The molecule has 3 rings (SSSR count). The van der Waals surface area contributed by atoms with E-state index < -0.39 is 0 Å². The fourth-order valence-corrected chi connectivity index (χ4v) is 3.60. The zero-order chi connectivity index (χ0) is 17.8. The van der Waals surface area contributed by atoms with Crippen molar-refractivity contribution in [1.29, 1.82) is 0 Å². The van der Waals surface area contributed by atoms with Crippen LogP contribution in [0.1, 0.15) is 48.2 Å². The SMILES string of the molecule is Cc1c(C(=O)NCCCN2CCCCCC2=O)oc2ccc(Br)cc12. The van der Waals surface area contributed by atoms with Crippen LogP contribution in [-0.4, -0.2) is 36.3 Å². The monoisotopic (exact) mass is 406 g/mol. The van der Waals surface area contributed by atoms with E-state index in [4.69, 9.17) is 4.42 Å². The van der Waals surface area contributed by atoms with Crippen molar-refractivity contribution in [2.75, 3.05) is 19.6 Å². The van der Waals surface area contributed by atoms with Crippen LogP contribution in [0.15, 0.2) is 27.1 Å². The van der Waals surface area contributed by atoms with Gasteiger partial charge in [-0.15, -0.1) is 0 Å². The summed E-state index contributed by atoms with van der Waals surface area (Å²) in [6.07, 6.45) is 4.60. The minimum atomic E-state index is -0.202. The molecule has 1 aliphatic heterocycles. The number of furan rings is 1. The lowest BCUT2D eigenvalue weighted by Gasteiger charge is -2.20. The Balaban J connectivity index is 1.54. The third-order valence-electron chi connectivity index (χ3n) is 4.67. The normalized spacial score (nSPS) is 15.4. The zero-order valence-corrected chi connectivity index (χ0v) is 16.0. The van der Waals surface area contributed by atoms with Gasteiger partial charge in [0.05, 0.1) is 0 Å². The fraction of sp³-hybridized carbons (Fsp3) is 0.474. The molecule has 5 nitrogen and oxygen atoms in total. The molecule has 0 atom stereocenters. The maximum atomic E-state index is 12.4. The van der Waals surface area contributed by atoms with Crippen LogP contribution >= 0.6 is 15.9 Å². The molecule has 0 spiro atoms. The first-order chi connectivity index (χ1) is 12.1. The topological polar surface area (TPSA) is 62.6 Å². The van der Waals surface area contributed by atoms with E-state index in [2.05, 4.69) is 21.2 Å². The van der Waals surface area contributed by atoms with Crippen molar-refractivity contribution in [2.45, 2.75) is 39.0 Å². The van der Waals surface area contributed by atoms with Crippen LogP contribution in [0.3, 0.4) is 0 Å². The van der Waals surface area contributed by atoms with E-state index in [0.29, 0.717) is 30.9 Å². The van der Waals surface area contributed by atoms with E-state index in [1.54, 1.807) is 0 Å². The minimum Gasteiger partial charge on any atom is -0.451 e. The third-order valence-corrected chi connectivity index (χ3v) is 5.16. The molecule has 1 saturated heterocycles. The molecule has 1 N–H and O–H groups in total. The largest absolute Gasteiger partial charge is 0.451 e. The van der Waals surface area contributed by atoms with E-state index in [1.165, 1.54) is 0 Å². The highest BCUT2D eigenvalue weighted by Gasteiger charge is 2.18. The Morgan fingerprint density at radius 3 is 3.00 bits per heavy atom. The lowest BCUT2D eigenvalue weighted by Crippen LogP contribution is -2.34. The Kier molecular flexibility index (Phi) is 5.78. The average molecular weight is 407 g/mol. The van der Waals surface area contributed by atoms with Crippen molar-refractivity contribution in [2.24, 2.45) is 0 Å². The van der Waals surface area contributed by atoms with Crippen molar-refractivity contribution in [3.05, 3.63) is 34.0 Å². The number of carbonyl (C=O) groups excluding carboxylic acids is 2. The average Bonchev–Trinajstić information content (AvgIpc) is 2.78. The maximum absolute atomic E-state index is 12.4. The first-order valence-electron chi connectivity index (χ1n) is 8.81. The molecular weight excluding hydrogens is 384 g/mol. The van der Waals surface area contributed by atoms with Crippen LogP contribution < -0.4 is 5.32 Å². The van der Waals surface area contributed by atoms with Gasteiger partial charge in [0, 0.05) is 41.5 Å². The molecule has 6 heteroatoms. The molecule has 1 fully saturated rings. The summed E-state index contributed by atoms with van der Waals surface area (Å²) in [5.74, 6) is 0.397. The Labute approximate surface area is 155 Å². The molecule has 0 bridgehead atoms. The van der Waals surface area contributed by atoms with Gasteiger partial charge in [0.2, 0.25) is 5.91 Å². The molecule has 1 aliphatic rings. The number of amides is 2. The highest BCUT2D eigenvalue weighted by Crippen LogP contribution is 2.27. The summed E-state index contributed by atoms with van der Waals surface area (Å²) in [6.45, 7) is 3.96. The van der Waals surface area contributed by atoms with E-state index >= 15 is 0 Å². The number of hydrogen-bond donors (Lipinski definition) is 1. The second-order valence-corrected chi connectivity index (χ2v) is 7.41. The van der Waals surface area contributed by atoms with E-state index in [9.17, 15) is 9.59 Å². The Morgan fingerprint density at radius 1 is 1.32 bits per heavy atom. The maximum Gasteiger partial charge on any atom is 0.287 e. The lowest BCUT2D eigenvalue weighted by atomic mass is 10.1. The summed E-state index contributed by atoms with van der Waals surface area (Å²) in [5, 5.41) is 3.84. The molecule has 1 aromatic heterocycles. The molecule has 0 saturated carbocycles. The second-order valence-electron chi connectivity index (χ2n) is 6.50. The van der Waals surface area contributed by atoms with Gasteiger partial charge >= 0.3 is 0 Å². The molecule has 2 aromatic rings. The number of likely N-dealkylation sites (tertiary alicyclic amines) is 1. The van der Waals surface area contributed by atoms with Crippen LogP contribution in [-0.2, 0) is 4.79 Å². The summed E-state index contributed by atoms with van der Waals surface area (Å²) in [6, 6.07) is 5.70. The van der Waals surface area contributed by atoms with Gasteiger partial charge in [0.25, 0.3) is 5.91 Å². The number of nitrogens with zero attached hydrogens (tertiary/aromatic N) is 1. The molecule has 1 aromatic carbocycles. The lowest BCUT2D eigenvalue weighted by molar-refractivity contribution is -0.130. The number of carbonyl (C=O) groups is 2.